The molecule has 0 bridgehead atoms. The molecule has 0 fully saturated rings. The van der Waals surface area contributed by atoms with Crippen molar-refractivity contribution in [3.63, 3.8) is 0 Å². The standard InChI is InChI=1S/C6H8O5/c1-6(11-2,5(9)10)4(8)3-7/h3H,1-2H3,(H,9,10). The minimum absolute atomic E-state index is 0.0718. The zero-order valence-corrected chi connectivity index (χ0v) is 6.16. The van der Waals surface area contributed by atoms with Gasteiger partial charge in [-0.15, -0.1) is 0 Å². The molecule has 0 aliphatic rings. The van der Waals surface area contributed by atoms with E-state index in [-0.39, 0.29) is 6.29 Å². The average molecular weight is 160 g/mol. The van der Waals surface area contributed by atoms with E-state index in [0.717, 1.165) is 14.0 Å². The molecule has 0 radical (unpaired) electrons. The van der Waals surface area contributed by atoms with E-state index in [0.29, 0.717) is 0 Å². The molecule has 5 heteroatoms. The molecule has 5 nitrogen and oxygen atoms in total. The van der Waals surface area contributed by atoms with E-state index in [1.165, 1.54) is 0 Å². The molecule has 0 aliphatic heterocycles. The number of aliphatic carboxylic acids is 1. The van der Waals surface area contributed by atoms with E-state index in [2.05, 4.69) is 4.74 Å². The van der Waals surface area contributed by atoms with Gasteiger partial charge in [0.25, 0.3) is 0 Å². The highest BCUT2D eigenvalue weighted by Gasteiger charge is 2.40. The number of hydrogen-bond acceptors (Lipinski definition) is 4. The summed E-state index contributed by atoms with van der Waals surface area (Å²) in [7, 11) is 1.05. The van der Waals surface area contributed by atoms with Gasteiger partial charge < -0.3 is 9.84 Å². The van der Waals surface area contributed by atoms with Crippen molar-refractivity contribution in [1.82, 2.24) is 0 Å². The highest BCUT2D eigenvalue weighted by molar-refractivity contribution is 6.34. The minimum atomic E-state index is -2.04. The van der Waals surface area contributed by atoms with Crippen molar-refractivity contribution in [1.29, 1.82) is 0 Å². The Kier molecular flexibility index (Phi) is 2.88. The summed E-state index contributed by atoms with van der Waals surface area (Å²) in [6, 6.07) is 0. The average Bonchev–Trinajstić information content (AvgIpc) is 2.01. The van der Waals surface area contributed by atoms with E-state index in [1.54, 1.807) is 0 Å². The highest BCUT2D eigenvalue weighted by Crippen LogP contribution is 2.08. The fraction of sp³-hybridized carbons (Fsp3) is 0.500. The second-order valence-corrected chi connectivity index (χ2v) is 2.02. The number of carboxylic acid groups (broad SMARTS) is 1. The Morgan fingerprint density at radius 3 is 2.09 bits per heavy atom. The summed E-state index contributed by atoms with van der Waals surface area (Å²) < 4.78 is 4.37. The number of carbonyl (C=O) groups excluding carboxylic acids is 2. The molecule has 0 saturated heterocycles. The Balaban J connectivity index is 4.73. The van der Waals surface area contributed by atoms with Gasteiger partial charge in [-0.25, -0.2) is 4.79 Å². The van der Waals surface area contributed by atoms with Crippen molar-refractivity contribution in [3.8, 4) is 0 Å². The number of methoxy groups -OCH3 is 1. The third-order valence-electron chi connectivity index (χ3n) is 1.39. The van der Waals surface area contributed by atoms with Gasteiger partial charge >= 0.3 is 5.97 Å². The van der Waals surface area contributed by atoms with Crippen LogP contribution in [-0.2, 0) is 19.1 Å². The van der Waals surface area contributed by atoms with Gasteiger partial charge in [0, 0.05) is 7.11 Å². The number of aldehydes is 1. The number of Topliss-reactive ketones (excluding diaryl/α,β-unsaturated/α-hetero) is 1. The van der Waals surface area contributed by atoms with Gasteiger partial charge in [0.15, 0.2) is 6.29 Å². The second-order valence-electron chi connectivity index (χ2n) is 2.02. The molecule has 0 aromatic carbocycles. The second kappa shape index (κ2) is 3.25. The quantitative estimate of drug-likeness (QED) is 0.332. The molecular formula is C6H8O5. The summed E-state index contributed by atoms with van der Waals surface area (Å²) in [4.78, 5) is 30.9. The molecule has 0 amide bonds. The zero-order valence-electron chi connectivity index (χ0n) is 6.16. The van der Waals surface area contributed by atoms with Gasteiger partial charge in [-0.1, -0.05) is 0 Å². The number of carbonyl (C=O) groups is 3. The van der Waals surface area contributed by atoms with Gasteiger partial charge in [0.1, 0.15) is 0 Å². The van der Waals surface area contributed by atoms with Crippen LogP contribution < -0.4 is 0 Å². The van der Waals surface area contributed by atoms with Crippen LogP contribution in [0.25, 0.3) is 0 Å². The van der Waals surface area contributed by atoms with E-state index >= 15 is 0 Å². The van der Waals surface area contributed by atoms with Gasteiger partial charge in [-0.05, 0) is 6.92 Å². The molecule has 11 heavy (non-hydrogen) atoms. The van der Waals surface area contributed by atoms with Crippen LogP contribution in [0.5, 0.6) is 0 Å². The lowest BCUT2D eigenvalue weighted by Gasteiger charge is -2.17. The van der Waals surface area contributed by atoms with Crippen LogP contribution >= 0.6 is 0 Å². The number of carboxylic acids is 1. The molecule has 1 N–H and O–H groups in total. The summed E-state index contributed by atoms with van der Waals surface area (Å²) in [5, 5.41) is 8.43. The van der Waals surface area contributed by atoms with Crippen molar-refractivity contribution < 1.29 is 24.2 Å². The van der Waals surface area contributed by atoms with E-state index in [9.17, 15) is 14.4 Å². The Hall–Kier alpha value is -1.23. The van der Waals surface area contributed by atoms with E-state index in [1.807, 2.05) is 0 Å². The molecule has 0 rings (SSSR count). The minimum Gasteiger partial charge on any atom is -0.479 e. The molecular weight excluding hydrogens is 152 g/mol. The normalized spacial score (nSPS) is 15.1. The third kappa shape index (κ3) is 1.62. The molecule has 0 spiro atoms. The van der Waals surface area contributed by atoms with Crippen LogP contribution in [0.1, 0.15) is 6.92 Å². The molecule has 0 aromatic heterocycles. The molecule has 1 unspecified atom stereocenters. The smallest absolute Gasteiger partial charge is 0.344 e. The first-order chi connectivity index (χ1) is 4.99. The first-order valence-electron chi connectivity index (χ1n) is 2.77. The first-order valence-corrected chi connectivity index (χ1v) is 2.77. The SMILES string of the molecule is COC(C)(C(=O)O)C(=O)C=O. The Morgan fingerprint density at radius 1 is 1.55 bits per heavy atom. The van der Waals surface area contributed by atoms with Crippen molar-refractivity contribution in [2.45, 2.75) is 12.5 Å². The largest absolute Gasteiger partial charge is 0.479 e. The highest BCUT2D eigenvalue weighted by atomic mass is 16.5. The van der Waals surface area contributed by atoms with E-state index in [4.69, 9.17) is 5.11 Å². The van der Waals surface area contributed by atoms with E-state index < -0.39 is 17.4 Å². The fourth-order valence-electron chi connectivity index (χ4n) is 0.406. The Morgan fingerprint density at radius 2 is 2.00 bits per heavy atom. The number of hydrogen-bond donors (Lipinski definition) is 1. The molecule has 0 saturated carbocycles. The first kappa shape index (κ1) is 9.77. The molecule has 0 aromatic rings. The molecule has 0 heterocycles. The summed E-state index contributed by atoms with van der Waals surface area (Å²) in [6.07, 6.45) is -0.0718. The van der Waals surface area contributed by atoms with Gasteiger partial charge in [0.05, 0.1) is 0 Å². The third-order valence-corrected chi connectivity index (χ3v) is 1.39. The zero-order chi connectivity index (χ0) is 9.07. The van der Waals surface area contributed by atoms with Crippen LogP contribution in [0.15, 0.2) is 0 Å². The van der Waals surface area contributed by atoms with Crippen molar-refractivity contribution in [3.05, 3.63) is 0 Å². The summed E-state index contributed by atoms with van der Waals surface area (Å²) >= 11 is 0. The van der Waals surface area contributed by atoms with Crippen molar-refractivity contribution in [2.24, 2.45) is 0 Å². The summed E-state index contributed by atoms with van der Waals surface area (Å²) in [6.45, 7) is 1.02. The number of ketones is 1. The predicted molar refractivity (Wildman–Crippen MR) is 34.1 cm³/mol. The monoisotopic (exact) mass is 160 g/mol. The van der Waals surface area contributed by atoms with Gasteiger partial charge in [-0.3, -0.25) is 9.59 Å². The molecule has 62 valence electrons. The maximum absolute atomic E-state index is 10.6. The summed E-state index contributed by atoms with van der Waals surface area (Å²) in [5.41, 5.74) is -2.04. The molecule has 1 atom stereocenters. The van der Waals surface area contributed by atoms with Crippen LogP contribution in [0.3, 0.4) is 0 Å². The Labute approximate surface area is 63.0 Å². The van der Waals surface area contributed by atoms with Crippen LogP contribution in [0.4, 0.5) is 0 Å². The lowest BCUT2D eigenvalue weighted by atomic mass is 10.0. The molecule has 0 aliphatic carbocycles. The topological polar surface area (TPSA) is 80.7 Å². The fourth-order valence-corrected chi connectivity index (χ4v) is 0.406. The van der Waals surface area contributed by atoms with Gasteiger partial charge in [-0.2, -0.15) is 0 Å². The lowest BCUT2D eigenvalue weighted by molar-refractivity contribution is -0.167. The van der Waals surface area contributed by atoms with Crippen molar-refractivity contribution in [2.75, 3.05) is 7.11 Å². The van der Waals surface area contributed by atoms with Crippen molar-refractivity contribution >= 4 is 18.0 Å². The number of rotatable bonds is 4. The summed E-state index contributed by atoms with van der Waals surface area (Å²) in [5.74, 6) is -2.58. The maximum atomic E-state index is 10.6. The van der Waals surface area contributed by atoms with Crippen LogP contribution in [-0.4, -0.2) is 35.9 Å². The van der Waals surface area contributed by atoms with Gasteiger partial charge in [0.2, 0.25) is 11.4 Å². The lowest BCUT2D eigenvalue weighted by Crippen LogP contribution is -2.46. The van der Waals surface area contributed by atoms with Crippen LogP contribution in [0.2, 0.25) is 0 Å². The Bertz CT molecular complexity index is 197. The predicted octanol–water partition coefficient (Wildman–Crippen LogP) is -0.756. The number of ether oxygens (including phenoxy) is 1. The maximum Gasteiger partial charge on any atom is 0.344 e. The van der Waals surface area contributed by atoms with Crippen LogP contribution in [0, 0.1) is 0 Å².